The molecule has 0 atom stereocenters. The minimum atomic E-state index is -2.92. The van der Waals surface area contributed by atoms with Crippen molar-refractivity contribution in [1.82, 2.24) is 0 Å². The van der Waals surface area contributed by atoms with E-state index in [1.807, 2.05) is 0 Å². The van der Waals surface area contributed by atoms with Crippen molar-refractivity contribution in [3.8, 4) is 0 Å². The monoisotopic (exact) mass is 162 g/mol. The summed E-state index contributed by atoms with van der Waals surface area (Å²) in [7, 11) is -2.92. The molecule has 0 saturated heterocycles. The minimum absolute atomic E-state index is 0. The van der Waals surface area contributed by atoms with Crippen LogP contribution in [0.1, 0.15) is 0 Å². The zero-order valence-electron chi connectivity index (χ0n) is 5.30. The molecular formula is H2BNa3O3S. The summed E-state index contributed by atoms with van der Waals surface area (Å²) < 4.78 is 0. The minimum Gasteiger partial charge on any atom is -0.907 e. The van der Waals surface area contributed by atoms with Crippen molar-refractivity contribution in [1.29, 1.82) is 0 Å². The average Bonchev–Trinajstić information content (AvgIpc) is 0.811. The first-order valence-electron chi connectivity index (χ1n) is 0.707. The van der Waals surface area contributed by atoms with Crippen LogP contribution in [0.4, 0.5) is 0 Å². The number of hydrogen-bond acceptors (Lipinski definition) is 3. The van der Waals surface area contributed by atoms with E-state index in [0.717, 1.165) is 0 Å². The van der Waals surface area contributed by atoms with Gasteiger partial charge in [-0.25, -0.2) is 0 Å². The topological polar surface area (TPSA) is 69.2 Å². The molecule has 0 aliphatic rings. The molecule has 32 valence electrons. The van der Waals surface area contributed by atoms with Gasteiger partial charge in [-0.3, -0.25) is 7.32 Å². The second-order valence-electron chi connectivity index (χ2n) is 0.289. The maximum atomic E-state index is 8.42. The molecule has 0 amide bonds. The van der Waals surface area contributed by atoms with Crippen molar-refractivity contribution < 1.29 is 104 Å². The van der Waals surface area contributed by atoms with E-state index in [-0.39, 0.29) is 102 Å². The fourth-order valence-corrected chi connectivity index (χ4v) is 0. The molecule has 0 aromatic heterocycles. The molecule has 0 aliphatic carbocycles. The summed E-state index contributed by atoms with van der Waals surface area (Å²) in [5, 5.41) is 25.2. The van der Waals surface area contributed by atoms with Gasteiger partial charge in [0.25, 0.3) is 0 Å². The van der Waals surface area contributed by atoms with Crippen LogP contribution in [0.25, 0.3) is 0 Å². The predicted octanol–water partition coefficient (Wildman–Crippen LogP) is -12.8. The molecule has 8 heavy (non-hydrogen) atoms. The van der Waals surface area contributed by atoms with Gasteiger partial charge in [0, 0.05) is 0 Å². The summed E-state index contributed by atoms with van der Waals surface area (Å²) in [5.74, 6) is 0. The first-order chi connectivity index (χ1) is 1.73. The van der Waals surface area contributed by atoms with Crippen LogP contribution < -0.4 is 104 Å². The van der Waals surface area contributed by atoms with Crippen LogP contribution in [-0.2, 0) is 0 Å². The van der Waals surface area contributed by atoms with Crippen molar-refractivity contribution in [2.75, 3.05) is 0 Å². The molecule has 0 aromatic rings. The van der Waals surface area contributed by atoms with Crippen LogP contribution >= 0.6 is 13.5 Å². The number of rotatable bonds is 0. The Hall–Kier alpha value is 3.29. The van der Waals surface area contributed by atoms with E-state index in [2.05, 4.69) is 0 Å². The standard InChI is InChI=1S/BO3.3Na.H2S/c2-1(3)4;;;;/h;;;;1H2/q-3;3*+1;. The first kappa shape index (κ1) is 30.2. The van der Waals surface area contributed by atoms with Crippen LogP contribution in [-0.4, -0.2) is 7.32 Å². The molecule has 3 nitrogen and oxygen atoms in total. The molecule has 0 unspecified atom stereocenters. The molecule has 0 radical (unpaired) electrons. The van der Waals surface area contributed by atoms with E-state index in [1.165, 1.54) is 0 Å². The van der Waals surface area contributed by atoms with E-state index in [1.54, 1.807) is 0 Å². The van der Waals surface area contributed by atoms with E-state index < -0.39 is 7.32 Å². The van der Waals surface area contributed by atoms with Gasteiger partial charge in [0.15, 0.2) is 0 Å². The summed E-state index contributed by atoms with van der Waals surface area (Å²) in [6.07, 6.45) is 0. The normalized spacial score (nSPS) is 3.38. The van der Waals surface area contributed by atoms with Crippen LogP contribution in [0, 0.1) is 0 Å². The Balaban J connectivity index is -0.00000000750. The zero-order valence-corrected chi connectivity index (χ0v) is 12.3. The summed E-state index contributed by atoms with van der Waals surface area (Å²) in [6, 6.07) is 0. The third-order valence-electron chi connectivity index (χ3n) is 0. The molecule has 0 heterocycles. The van der Waals surface area contributed by atoms with Gasteiger partial charge in [0.2, 0.25) is 0 Å². The molecule has 0 fully saturated rings. The summed E-state index contributed by atoms with van der Waals surface area (Å²) >= 11 is 0. The molecule has 0 spiro atoms. The Morgan fingerprint density at radius 2 is 0.750 bits per heavy atom. The number of hydrogen-bond donors (Lipinski definition) is 0. The summed E-state index contributed by atoms with van der Waals surface area (Å²) in [6.45, 7) is 0. The van der Waals surface area contributed by atoms with Gasteiger partial charge in [-0.15, -0.1) is 0 Å². The van der Waals surface area contributed by atoms with Crippen LogP contribution in [0.5, 0.6) is 0 Å². The molecule has 0 bridgehead atoms. The van der Waals surface area contributed by atoms with E-state index in [9.17, 15) is 0 Å². The third-order valence-corrected chi connectivity index (χ3v) is 0. The first-order valence-corrected chi connectivity index (χ1v) is 0.707. The molecule has 0 rings (SSSR count). The largest absolute Gasteiger partial charge is 1.00 e. The quantitative estimate of drug-likeness (QED) is 0.332. The van der Waals surface area contributed by atoms with Crippen molar-refractivity contribution in [3.05, 3.63) is 0 Å². The second-order valence-corrected chi connectivity index (χ2v) is 0.289. The van der Waals surface area contributed by atoms with Gasteiger partial charge < -0.3 is 15.1 Å². The smallest absolute Gasteiger partial charge is 0.907 e. The van der Waals surface area contributed by atoms with Gasteiger partial charge in [-0.1, -0.05) is 0 Å². The maximum Gasteiger partial charge on any atom is 1.00 e. The fraction of sp³-hybridized carbons (Fsp3) is 0. The Morgan fingerprint density at radius 3 is 0.750 bits per heavy atom. The fourth-order valence-electron chi connectivity index (χ4n) is 0. The predicted molar refractivity (Wildman–Crippen MR) is 16.1 cm³/mol. The van der Waals surface area contributed by atoms with Gasteiger partial charge in [-0.2, -0.15) is 13.5 Å². The third kappa shape index (κ3) is 58.9. The average molecular weight is 162 g/mol. The van der Waals surface area contributed by atoms with Crippen LogP contribution in [0.15, 0.2) is 0 Å². The molecule has 8 heteroatoms. The van der Waals surface area contributed by atoms with Gasteiger partial charge >= 0.3 is 88.7 Å². The van der Waals surface area contributed by atoms with E-state index in [0.29, 0.717) is 0 Å². The Morgan fingerprint density at radius 1 is 0.750 bits per heavy atom. The molecule has 0 N–H and O–H groups in total. The van der Waals surface area contributed by atoms with Crippen molar-refractivity contribution in [2.24, 2.45) is 0 Å². The maximum absolute atomic E-state index is 8.42. The van der Waals surface area contributed by atoms with Gasteiger partial charge in [0.05, 0.1) is 0 Å². The molecular weight excluding hydrogens is 160 g/mol. The van der Waals surface area contributed by atoms with Crippen molar-refractivity contribution in [2.45, 2.75) is 0 Å². The zero-order chi connectivity index (χ0) is 3.58. The Labute approximate surface area is 122 Å². The van der Waals surface area contributed by atoms with Crippen molar-refractivity contribution in [3.63, 3.8) is 0 Å². The SMILES string of the molecule is S.[Na+].[Na+].[Na+].[O-]B([O-])[O-]. The molecule has 0 saturated carbocycles. The van der Waals surface area contributed by atoms with Crippen LogP contribution in [0.2, 0.25) is 0 Å². The van der Waals surface area contributed by atoms with Crippen molar-refractivity contribution >= 4 is 20.8 Å². The van der Waals surface area contributed by atoms with Gasteiger partial charge in [-0.05, 0) is 0 Å². The van der Waals surface area contributed by atoms with Crippen LogP contribution in [0.3, 0.4) is 0 Å². The molecule has 0 aromatic carbocycles. The van der Waals surface area contributed by atoms with Gasteiger partial charge in [0.1, 0.15) is 0 Å². The Bertz CT molecular complexity index is 19.2. The Kier molecular flexibility index (Phi) is 84.8. The summed E-state index contributed by atoms with van der Waals surface area (Å²) in [5.41, 5.74) is 0. The molecule has 0 aliphatic heterocycles. The van der Waals surface area contributed by atoms with E-state index >= 15 is 0 Å². The summed E-state index contributed by atoms with van der Waals surface area (Å²) in [4.78, 5) is 0. The van der Waals surface area contributed by atoms with E-state index in [4.69, 9.17) is 15.1 Å². The second kappa shape index (κ2) is 22.4.